The minimum Gasteiger partial charge on any atom is -0.309 e. The topological polar surface area (TPSA) is 59.8 Å². The van der Waals surface area contributed by atoms with Gasteiger partial charge >= 0.3 is 0 Å². The summed E-state index contributed by atoms with van der Waals surface area (Å²) >= 11 is 0. The minimum atomic E-state index is -0.0667. The number of carbonyl (C=O) groups is 1. The smallest absolute Gasteiger partial charge is 0.229 e. The first-order valence-corrected chi connectivity index (χ1v) is 9.39. The molecule has 1 aromatic carbocycles. The highest BCUT2D eigenvalue weighted by Gasteiger charge is 2.08. The Morgan fingerprint density at radius 1 is 1.07 bits per heavy atom. The van der Waals surface area contributed by atoms with Gasteiger partial charge in [0.05, 0.1) is 18.7 Å². The summed E-state index contributed by atoms with van der Waals surface area (Å²) in [6.45, 7) is 7.01. The van der Waals surface area contributed by atoms with Gasteiger partial charge in [0.25, 0.3) is 0 Å². The van der Waals surface area contributed by atoms with Gasteiger partial charge < -0.3 is 5.32 Å². The number of nitrogens with one attached hydrogen (secondary N) is 1. The van der Waals surface area contributed by atoms with Crippen molar-refractivity contribution in [1.29, 1.82) is 0 Å². The molecule has 0 aliphatic heterocycles. The molecule has 0 spiro atoms. The molecule has 0 aliphatic carbocycles. The third-order valence-corrected chi connectivity index (χ3v) is 4.54. The highest BCUT2D eigenvalue weighted by atomic mass is 16.1. The molecule has 0 aliphatic rings. The van der Waals surface area contributed by atoms with Crippen LogP contribution < -0.4 is 5.32 Å². The van der Waals surface area contributed by atoms with Crippen LogP contribution in [0.1, 0.15) is 49.1 Å². The lowest BCUT2D eigenvalue weighted by Crippen LogP contribution is -2.15. The molecule has 0 saturated carbocycles. The fourth-order valence-electron chi connectivity index (χ4n) is 2.83. The SMILES string of the molecule is CCc1ccc(Cn2ccc(NC(=O)Cc3ccc(C(C)C)cc3)n2)nc1. The molecule has 1 N–H and O–H groups in total. The predicted octanol–water partition coefficient (Wildman–Crippen LogP) is 4.19. The Kier molecular flexibility index (Phi) is 6.01. The van der Waals surface area contributed by atoms with E-state index in [4.69, 9.17) is 0 Å². The van der Waals surface area contributed by atoms with Gasteiger partial charge in [-0.25, -0.2) is 0 Å². The van der Waals surface area contributed by atoms with E-state index in [0.29, 0.717) is 24.7 Å². The fraction of sp³-hybridized carbons (Fsp3) is 0.318. The van der Waals surface area contributed by atoms with Crippen LogP contribution in [0.25, 0.3) is 0 Å². The van der Waals surface area contributed by atoms with Crippen LogP contribution in [0.2, 0.25) is 0 Å². The summed E-state index contributed by atoms with van der Waals surface area (Å²) in [6, 6.07) is 14.1. The van der Waals surface area contributed by atoms with Gasteiger partial charge in [-0.15, -0.1) is 0 Å². The van der Waals surface area contributed by atoms with Gasteiger partial charge in [-0.1, -0.05) is 51.1 Å². The lowest BCUT2D eigenvalue weighted by molar-refractivity contribution is -0.115. The molecule has 2 heterocycles. The molecule has 0 fully saturated rings. The first kappa shape index (κ1) is 18.8. The molecule has 3 aromatic rings. The molecular formula is C22H26N4O. The number of nitrogens with zero attached hydrogens (tertiary/aromatic N) is 3. The summed E-state index contributed by atoms with van der Waals surface area (Å²) < 4.78 is 1.78. The molecule has 3 rings (SSSR count). The number of aryl methyl sites for hydroxylation is 1. The zero-order valence-corrected chi connectivity index (χ0v) is 16.1. The second-order valence-corrected chi connectivity index (χ2v) is 7.03. The van der Waals surface area contributed by atoms with Gasteiger partial charge in [-0.2, -0.15) is 5.10 Å². The number of benzene rings is 1. The third-order valence-electron chi connectivity index (χ3n) is 4.54. The lowest BCUT2D eigenvalue weighted by Gasteiger charge is -2.07. The Bertz CT molecular complexity index is 879. The van der Waals surface area contributed by atoms with Gasteiger partial charge in [0.2, 0.25) is 5.91 Å². The first-order valence-electron chi connectivity index (χ1n) is 9.39. The molecule has 27 heavy (non-hydrogen) atoms. The van der Waals surface area contributed by atoms with Crippen LogP contribution >= 0.6 is 0 Å². The standard InChI is InChI=1S/C22H26N4O/c1-4-17-7-10-20(23-14-17)15-26-12-11-21(25-26)24-22(27)13-18-5-8-19(9-6-18)16(2)3/h5-12,14,16H,4,13,15H2,1-3H3,(H,24,25,27). The monoisotopic (exact) mass is 362 g/mol. The number of anilines is 1. The van der Waals surface area contributed by atoms with Crippen molar-refractivity contribution in [2.75, 3.05) is 5.32 Å². The largest absolute Gasteiger partial charge is 0.309 e. The molecule has 0 saturated heterocycles. The summed E-state index contributed by atoms with van der Waals surface area (Å²) in [7, 11) is 0. The van der Waals surface area contributed by atoms with Gasteiger partial charge in [0.15, 0.2) is 5.82 Å². The van der Waals surface area contributed by atoms with Gasteiger partial charge in [-0.3, -0.25) is 14.5 Å². The number of aromatic nitrogens is 3. The average Bonchev–Trinajstić information content (AvgIpc) is 3.09. The van der Waals surface area contributed by atoms with Crippen molar-refractivity contribution in [3.63, 3.8) is 0 Å². The zero-order chi connectivity index (χ0) is 19.2. The number of pyridine rings is 1. The molecule has 0 radical (unpaired) electrons. The first-order chi connectivity index (χ1) is 13.0. The Hall–Kier alpha value is -2.95. The lowest BCUT2D eigenvalue weighted by atomic mass is 10.0. The van der Waals surface area contributed by atoms with Crippen molar-refractivity contribution < 1.29 is 4.79 Å². The van der Waals surface area contributed by atoms with E-state index >= 15 is 0 Å². The van der Waals surface area contributed by atoms with E-state index in [1.165, 1.54) is 11.1 Å². The Morgan fingerprint density at radius 2 is 1.81 bits per heavy atom. The van der Waals surface area contributed by atoms with Crippen LogP contribution in [0.15, 0.2) is 54.9 Å². The van der Waals surface area contributed by atoms with Crippen molar-refractivity contribution in [2.24, 2.45) is 0 Å². The van der Waals surface area contributed by atoms with Crippen molar-refractivity contribution >= 4 is 11.7 Å². The summed E-state index contributed by atoms with van der Waals surface area (Å²) in [5, 5.41) is 7.27. The van der Waals surface area contributed by atoms with Crippen molar-refractivity contribution in [3.05, 3.63) is 77.2 Å². The van der Waals surface area contributed by atoms with Gasteiger partial charge in [-0.05, 0) is 35.1 Å². The van der Waals surface area contributed by atoms with Crippen LogP contribution in [0.5, 0.6) is 0 Å². The Morgan fingerprint density at radius 3 is 2.44 bits per heavy atom. The molecule has 0 atom stereocenters. The molecule has 0 bridgehead atoms. The van der Waals surface area contributed by atoms with Crippen molar-refractivity contribution in [3.8, 4) is 0 Å². The Labute approximate surface area is 160 Å². The van der Waals surface area contributed by atoms with Crippen LogP contribution in [-0.4, -0.2) is 20.7 Å². The van der Waals surface area contributed by atoms with Crippen LogP contribution in [0.3, 0.4) is 0 Å². The summed E-state index contributed by atoms with van der Waals surface area (Å²) in [4.78, 5) is 16.7. The van der Waals surface area contributed by atoms with Crippen LogP contribution in [-0.2, 0) is 24.2 Å². The zero-order valence-electron chi connectivity index (χ0n) is 16.1. The second-order valence-electron chi connectivity index (χ2n) is 7.03. The number of hydrogen-bond acceptors (Lipinski definition) is 3. The van der Waals surface area contributed by atoms with Crippen LogP contribution in [0, 0.1) is 0 Å². The maximum atomic E-state index is 12.3. The van der Waals surface area contributed by atoms with Crippen LogP contribution in [0.4, 0.5) is 5.82 Å². The van der Waals surface area contributed by atoms with Gasteiger partial charge in [0.1, 0.15) is 0 Å². The van der Waals surface area contributed by atoms with E-state index in [9.17, 15) is 4.79 Å². The molecule has 5 nitrogen and oxygen atoms in total. The quantitative estimate of drug-likeness (QED) is 0.685. The van der Waals surface area contributed by atoms with E-state index < -0.39 is 0 Å². The minimum absolute atomic E-state index is 0.0667. The molecule has 2 aromatic heterocycles. The molecule has 0 unspecified atom stereocenters. The highest BCUT2D eigenvalue weighted by Crippen LogP contribution is 2.15. The maximum absolute atomic E-state index is 12.3. The van der Waals surface area contributed by atoms with E-state index in [1.807, 2.05) is 30.6 Å². The summed E-state index contributed by atoms with van der Waals surface area (Å²) in [6.07, 6.45) is 5.06. The van der Waals surface area contributed by atoms with E-state index in [0.717, 1.165) is 17.7 Å². The number of rotatable bonds is 7. The summed E-state index contributed by atoms with van der Waals surface area (Å²) in [5.74, 6) is 0.983. The van der Waals surface area contributed by atoms with E-state index in [1.54, 1.807) is 10.7 Å². The van der Waals surface area contributed by atoms with E-state index in [-0.39, 0.29) is 5.91 Å². The van der Waals surface area contributed by atoms with Crippen molar-refractivity contribution in [1.82, 2.24) is 14.8 Å². The highest BCUT2D eigenvalue weighted by molar-refractivity contribution is 5.91. The molecule has 5 heteroatoms. The Balaban J connectivity index is 1.55. The average molecular weight is 362 g/mol. The number of amides is 1. The second kappa shape index (κ2) is 8.62. The summed E-state index contributed by atoms with van der Waals surface area (Å²) in [5.41, 5.74) is 4.43. The predicted molar refractivity (Wildman–Crippen MR) is 108 cm³/mol. The number of hydrogen-bond donors (Lipinski definition) is 1. The molecular weight excluding hydrogens is 336 g/mol. The van der Waals surface area contributed by atoms with Crippen molar-refractivity contribution in [2.45, 2.75) is 46.1 Å². The number of carbonyl (C=O) groups excluding carboxylic acids is 1. The fourth-order valence-corrected chi connectivity index (χ4v) is 2.83. The molecule has 140 valence electrons. The third kappa shape index (κ3) is 5.26. The molecule has 1 amide bonds. The van der Waals surface area contributed by atoms with E-state index in [2.05, 4.69) is 54.4 Å². The maximum Gasteiger partial charge on any atom is 0.229 e. The normalized spacial score (nSPS) is 11.0. The van der Waals surface area contributed by atoms with Gasteiger partial charge in [0, 0.05) is 18.5 Å².